The van der Waals surface area contributed by atoms with Crippen molar-refractivity contribution in [1.82, 2.24) is 0 Å². The van der Waals surface area contributed by atoms with Crippen LogP contribution >= 0.6 is 17.2 Å². The first-order valence-electron chi connectivity index (χ1n) is 29.1. The van der Waals surface area contributed by atoms with Gasteiger partial charge < -0.3 is 27.1 Å². The van der Waals surface area contributed by atoms with Gasteiger partial charge in [-0.1, -0.05) is 265 Å². The minimum absolute atomic E-state index is 0.0662. The summed E-state index contributed by atoms with van der Waals surface area (Å²) in [7, 11) is -4.24. The van der Waals surface area contributed by atoms with Crippen LogP contribution < -0.4 is 27.1 Å². The van der Waals surface area contributed by atoms with Gasteiger partial charge in [-0.05, 0) is 89.8 Å². The molecule has 6 aromatic rings. The zero-order valence-corrected chi connectivity index (χ0v) is 55.7. The van der Waals surface area contributed by atoms with Crippen LogP contribution in [0.3, 0.4) is 0 Å². The summed E-state index contributed by atoms with van der Waals surface area (Å²) in [4.78, 5) is 0. The molecule has 6 nitrogen and oxygen atoms in total. The summed E-state index contributed by atoms with van der Waals surface area (Å²) in [6, 6.07) is 38.6. The summed E-state index contributed by atoms with van der Waals surface area (Å²) in [5.41, 5.74) is 11.7. The second kappa shape index (κ2) is 22.3. The number of rotatable bonds is 10. The van der Waals surface area contributed by atoms with Crippen LogP contribution in [-0.4, -0.2) is 0 Å². The predicted octanol–water partition coefficient (Wildman–Crippen LogP) is 22.2. The quantitative estimate of drug-likeness (QED) is 0.127. The normalized spacial score (nSPS) is 16.1. The molecule has 7 rings (SSSR count). The Morgan fingerprint density at radius 1 is 0.388 bits per heavy atom. The third-order valence-corrected chi connectivity index (χ3v) is 17.6. The summed E-state index contributed by atoms with van der Waals surface area (Å²) in [6.07, 6.45) is 0. The predicted molar refractivity (Wildman–Crippen MR) is 341 cm³/mol. The van der Waals surface area contributed by atoms with Gasteiger partial charge in [0.05, 0.1) is 0 Å². The molecule has 432 valence electrons. The molecule has 0 amide bonds. The van der Waals surface area contributed by atoms with Gasteiger partial charge in [-0.3, -0.25) is 0 Å². The number of benzene rings is 6. The standard InChI is InChI=1S/C72H98O6P2/c1-45(53-37-47(65(3,4)5)41-57(69(15,16)17)61(53)75-79(73-51-33-29-27-30-34-51)74-52-35-31-28-32-36-52)54-38-48(66(6,7)8)42-58(70(18,19)20)62(54)76-80-77-63-55(39-49(67(9,10)11)43-59(63)71(21,22)23)46(2)56-40-50(68(12,13)14)44-60(64(56)78-80)72(24,25)26/h27-46H,1-26H3. The van der Waals surface area contributed by atoms with E-state index in [0.29, 0.717) is 11.5 Å². The summed E-state index contributed by atoms with van der Waals surface area (Å²) in [5.74, 6) is 4.09. The molecule has 6 aromatic carbocycles. The lowest BCUT2D eigenvalue weighted by Gasteiger charge is -2.37. The van der Waals surface area contributed by atoms with Crippen molar-refractivity contribution in [2.45, 2.75) is 235 Å². The molecule has 0 spiro atoms. The Bertz CT molecular complexity index is 3030. The van der Waals surface area contributed by atoms with Gasteiger partial charge in [-0.25, -0.2) is 0 Å². The average Bonchev–Trinajstić information content (AvgIpc) is 3.31. The van der Waals surface area contributed by atoms with Gasteiger partial charge in [0, 0.05) is 56.3 Å². The highest BCUT2D eigenvalue weighted by Gasteiger charge is 2.41. The largest absolute Gasteiger partial charge is 0.530 e. The number of fused-ring (bicyclic) bond motifs is 2. The highest BCUT2D eigenvalue weighted by molar-refractivity contribution is 7.43. The van der Waals surface area contributed by atoms with Gasteiger partial charge in [0.15, 0.2) is 0 Å². The van der Waals surface area contributed by atoms with E-state index in [4.69, 9.17) is 27.1 Å². The molecule has 0 bridgehead atoms. The van der Waals surface area contributed by atoms with Crippen molar-refractivity contribution in [3.63, 3.8) is 0 Å². The van der Waals surface area contributed by atoms with Gasteiger partial charge in [0.1, 0.15) is 34.5 Å². The fourth-order valence-electron chi connectivity index (χ4n) is 10.1. The van der Waals surface area contributed by atoms with E-state index in [-0.39, 0.29) is 55.2 Å². The van der Waals surface area contributed by atoms with Crippen molar-refractivity contribution in [3.8, 4) is 34.5 Å². The summed E-state index contributed by atoms with van der Waals surface area (Å²) < 4.78 is 44.1. The lowest BCUT2D eigenvalue weighted by atomic mass is 9.74. The molecule has 0 fully saturated rings. The van der Waals surface area contributed by atoms with E-state index in [2.05, 4.69) is 229 Å². The fourth-order valence-corrected chi connectivity index (χ4v) is 12.4. The Labute approximate surface area is 487 Å². The molecule has 1 aliphatic heterocycles. The zero-order valence-electron chi connectivity index (χ0n) is 53.9. The van der Waals surface area contributed by atoms with Crippen LogP contribution in [-0.2, 0) is 43.3 Å². The third kappa shape index (κ3) is 14.2. The van der Waals surface area contributed by atoms with Gasteiger partial charge in [-0.2, -0.15) is 0 Å². The molecule has 0 saturated heterocycles. The van der Waals surface area contributed by atoms with E-state index in [9.17, 15) is 0 Å². The molecule has 0 aromatic heterocycles. The van der Waals surface area contributed by atoms with E-state index in [0.717, 1.165) is 67.5 Å². The summed E-state index contributed by atoms with van der Waals surface area (Å²) in [5, 5.41) is 0. The Balaban J connectivity index is 1.57. The molecule has 1 heterocycles. The Morgan fingerprint density at radius 3 is 1.04 bits per heavy atom. The molecule has 0 radical (unpaired) electrons. The van der Waals surface area contributed by atoms with Crippen molar-refractivity contribution < 1.29 is 27.1 Å². The topological polar surface area (TPSA) is 55.4 Å². The van der Waals surface area contributed by atoms with E-state index in [1.165, 1.54) is 22.3 Å². The Morgan fingerprint density at radius 2 is 0.700 bits per heavy atom. The first-order valence-corrected chi connectivity index (χ1v) is 31.3. The molecule has 8 heteroatoms. The molecule has 1 aliphatic rings. The van der Waals surface area contributed by atoms with Crippen molar-refractivity contribution in [3.05, 3.63) is 176 Å². The second-order valence-corrected chi connectivity index (χ2v) is 32.8. The second-order valence-electron chi connectivity index (χ2n) is 30.8. The third-order valence-electron chi connectivity index (χ3n) is 15.5. The zero-order chi connectivity index (χ0) is 59.7. The molecule has 1 atom stereocenters. The smallest absolute Gasteiger partial charge is 0.409 e. The molecular weight excluding hydrogens is 1020 g/mol. The first kappa shape index (κ1) is 62.6. The SMILES string of the molecule is CC(c1cc(C(C)(C)C)cc(C(C)(C)C)c1OP(Oc1ccccc1)Oc1ccccc1)c1cc(C(C)(C)C)cc(C(C)(C)C)c1OP1Oc2c(cc(C(C)(C)C)cc2C(C)(C)C)C(C)c2cc(C(C)(C)C)cc(C(C)(C)C)c2O1. The van der Waals surface area contributed by atoms with Crippen LogP contribution in [0.5, 0.6) is 34.5 Å². The van der Waals surface area contributed by atoms with E-state index in [1.807, 2.05) is 60.7 Å². The lowest BCUT2D eigenvalue weighted by Crippen LogP contribution is -2.24. The van der Waals surface area contributed by atoms with Crippen molar-refractivity contribution >= 4 is 17.2 Å². The maximum Gasteiger partial charge on any atom is 0.530 e. The molecule has 0 aliphatic carbocycles. The minimum atomic E-state index is -2.19. The van der Waals surface area contributed by atoms with Crippen LogP contribution in [0.15, 0.2) is 109 Å². The maximum absolute atomic E-state index is 7.88. The highest BCUT2D eigenvalue weighted by Crippen LogP contribution is 2.59. The van der Waals surface area contributed by atoms with E-state index < -0.39 is 17.2 Å². The molecule has 1 unspecified atom stereocenters. The van der Waals surface area contributed by atoms with E-state index >= 15 is 0 Å². The number of hydrogen-bond donors (Lipinski definition) is 0. The molecule has 0 N–H and O–H groups in total. The Hall–Kier alpha value is -5.02. The average molecular weight is 1120 g/mol. The fraction of sp³-hybridized carbons (Fsp3) is 0.500. The molecular formula is C72H98O6P2. The van der Waals surface area contributed by atoms with Crippen molar-refractivity contribution in [2.24, 2.45) is 0 Å². The number of hydrogen-bond acceptors (Lipinski definition) is 6. The lowest BCUT2D eigenvalue weighted by molar-refractivity contribution is 0.360. The van der Waals surface area contributed by atoms with Gasteiger partial charge >= 0.3 is 17.2 Å². The summed E-state index contributed by atoms with van der Waals surface area (Å²) in [6.45, 7) is 59.6. The van der Waals surface area contributed by atoms with Crippen molar-refractivity contribution in [2.75, 3.05) is 0 Å². The maximum atomic E-state index is 7.88. The van der Waals surface area contributed by atoms with Gasteiger partial charge in [-0.15, -0.1) is 0 Å². The Kier molecular flexibility index (Phi) is 17.4. The van der Waals surface area contributed by atoms with Crippen LogP contribution in [0.4, 0.5) is 0 Å². The minimum Gasteiger partial charge on any atom is -0.409 e. The van der Waals surface area contributed by atoms with Crippen LogP contribution in [0.25, 0.3) is 0 Å². The van der Waals surface area contributed by atoms with Crippen LogP contribution in [0, 0.1) is 0 Å². The number of para-hydroxylation sites is 2. The molecule has 80 heavy (non-hydrogen) atoms. The molecule has 0 saturated carbocycles. The van der Waals surface area contributed by atoms with Crippen LogP contribution in [0.1, 0.15) is 259 Å². The van der Waals surface area contributed by atoms with Crippen LogP contribution in [0.2, 0.25) is 0 Å². The highest BCUT2D eigenvalue weighted by atomic mass is 31.2. The first-order chi connectivity index (χ1) is 36.5. The van der Waals surface area contributed by atoms with Crippen molar-refractivity contribution in [1.29, 1.82) is 0 Å². The summed E-state index contributed by atoms with van der Waals surface area (Å²) >= 11 is 0. The van der Waals surface area contributed by atoms with E-state index in [1.54, 1.807) is 0 Å². The monoisotopic (exact) mass is 1120 g/mol. The van der Waals surface area contributed by atoms with Gasteiger partial charge in [0.25, 0.3) is 0 Å². The van der Waals surface area contributed by atoms with Gasteiger partial charge in [0.2, 0.25) is 0 Å².